The highest BCUT2D eigenvalue weighted by molar-refractivity contribution is 5.99. The van der Waals surface area contributed by atoms with E-state index in [1.54, 1.807) is 0 Å². The van der Waals surface area contributed by atoms with Crippen molar-refractivity contribution in [2.45, 2.75) is 58.0 Å². The van der Waals surface area contributed by atoms with Crippen molar-refractivity contribution < 1.29 is 19.4 Å². The standard InChI is InChI=1S/C20H27NO4/c1-12-4-16(13(2)21(12)3)17(22)10-25-18(23)19-6-14-5-15(7-19)9-20(24,8-14)11-19/h4,14-15,24H,5-11H2,1-3H3/t14-,15+,19?,20?. The zero-order valence-electron chi connectivity index (χ0n) is 15.3. The molecule has 0 saturated heterocycles. The predicted molar refractivity (Wildman–Crippen MR) is 92.2 cm³/mol. The van der Waals surface area contributed by atoms with Crippen LogP contribution in [0.25, 0.3) is 0 Å². The fraction of sp³-hybridized carbons (Fsp3) is 0.700. The normalized spacial score (nSPS) is 35.8. The van der Waals surface area contributed by atoms with Gasteiger partial charge in [0.25, 0.3) is 0 Å². The van der Waals surface area contributed by atoms with Crippen molar-refractivity contribution in [3.05, 3.63) is 23.0 Å². The summed E-state index contributed by atoms with van der Waals surface area (Å²) in [6.45, 7) is 3.64. The van der Waals surface area contributed by atoms with E-state index in [4.69, 9.17) is 4.74 Å². The number of aliphatic hydroxyl groups is 1. The van der Waals surface area contributed by atoms with E-state index in [1.807, 2.05) is 31.5 Å². The summed E-state index contributed by atoms with van der Waals surface area (Å²) < 4.78 is 7.45. The first-order chi connectivity index (χ1) is 11.7. The molecule has 0 amide bonds. The number of Topliss-reactive ketones (excluding diaryl/α,β-unsaturated/α-hetero) is 1. The number of carbonyl (C=O) groups is 2. The molecule has 0 radical (unpaired) electrons. The second-order valence-electron chi connectivity index (χ2n) is 8.81. The first-order valence-electron chi connectivity index (χ1n) is 9.27. The Hall–Kier alpha value is -1.62. The molecule has 4 aliphatic rings. The molecule has 0 spiro atoms. The lowest BCUT2D eigenvalue weighted by atomic mass is 9.48. The van der Waals surface area contributed by atoms with Gasteiger partial charge in [0, 0.05) is 24.0 Å². The minimum absolute atomic E-state index is 0.155. The van der Waals surface area contributed by atoms with Crippen molar-refractivity contribution in [2.75, 3.05) is 6.61 Å². The van der Waals surface area contributed by atoms with Gasteiger partial charge < -0.3 is 14.4 Å². The summed E-state index contributed by atoms with van der Waals surface area (Å²) in [5.41, 5.74) is 1.26. The second-order valence-corrected chi connectivity index (χ2v) is 8.81. The van der Waals surface area contributed by atoms with Gasteiger partial charge in [-0.05, 0) is 70.3 Å². The molecule has 4 fully saturated rings. The van der Waals surface area contributed by atoms with E-state index in [1.165, 1.54) is 0 Å². The van der Waals surface area contributed by atoms with Crippen LogP contribution in [0.3, 0.4) is 0 Å². The molecule has 5 rings (SSSR count). The average Bonchev–Trinajstić information content (AvgIpc) is 2.77. The molecule has 1 N–H and O–H groups in total. The summed E-state index contributed by atoms with van der Waals surface area (Å²) in [5.74, 6) is 0.415. The van der Waals surface area contributed by atoms with E-state index in [9.17, 15) is 14.7 Å². The number of esters is 1. The van der Waals surface area contributed by atoms with Crippen molar-refractivity contribution in [3.8, 4) is 0 Å². The molecule has 136 valence electrons. The molecule has 2 unspecified atom stereocenters. The highest BCUT2D eigenvalue weighted by atomic mass is 16.5. The monoisotopic (exact) mass is 345 g/mol. The average molecular weight is 345 g/mol. The summed E-state index contributed by atoms with van der Waals surface area (Å²) in [7, 11) is 1.92. The van der Waals surface area contributed by atoms with Crippen molar-refractivity contribution in [2.24, 2.45) is 24.3 Å². The number of hydrogen-bond acceptors (Lipinski definition) is 4. The maximum absolute atomic E-state index is 12.8. The van der Waals surface area contributed by atoms with E-state index in [0.717, 1.165) is 43.5 Å². The fourth-order valence-electron chi connectivity index (χ4n) is 5.95. The Morgan fingerprint density at radius 1 is 1.24 bits per heavy atom. The molecular weight excluding hydrogens is 318 g/mol. The van der Waals surface area contributed by atoms with Gasteiger partial charge in [-0.3, -0.25) is 9.59 Å². The van der Waals surface area contributed by atoms with Crippen molar-refractivity contribution in [1.82, 2.24) is 4.57 Å². The number of nitrogens with zero attached hydrogens (tertiary/aromatic N) is 1. The summed E-state index contributed by atoms with van der Waals surface area (Å²) >= 11 is 0. The lowest BCUT2D eigenvalue weighted by molar-refractivity contribution is -0.195. The van der Waals surface area contributed by atoms with E-state index in [2.05, 4.69) is 0 Å². The Bertz CT molecular complexity index is 733. The topological polar surface area (TPSA) is 68.5 Å². The van der Waals surface area contributed by atoms with Gasteiger partial charge in [-0.15, -0.1) is 0 Å². The molecule has 5 heteroatoms. The SMILES string of the molecule is Cc1cc(C(=O)COC(=O)C23C[C@@H]4C[C@@H](CC(O)(C4)C2)C3)c(C)n1C. The molecule has 5 nitrogen and oxygen atoms in total. The summed E-state index contributed by atoms with van der Waals surface area (Å²) in [5, 5.41) is 10.8. The van der Waals surface area contributed by atoms with Crippen LogP contribution in [0.2, 0.25) is 0 Å². The quantitative estimate of drug-likeness (QED) is 0.673. The molecular formula is C20H27NO4. The van der Waals surface area contributed by atoms with Crippen molar-refractivity contribution in [3.63, 3.8) is 0 Å². The molecule has 4 bridgehead atoms. The van der Waals surface area contributed by atoms with Crippen LogP contribution in [-0.2, 0) is 16.6 Å². The van der Waals surface area contributed by atoms with Gasteiger partial charge in [0.2, 0.25) is 5.78 Å². The number of ketones is 1. The maximum atomic E-state index is 12.8. The Kier molecular flexibility index (Phi) is 3.66. The predicted octanol–water partition coefficient (Wildman–Crippen LogP) is 2.70. The molecule has 1 heterocycles. The van der Waals surface area contributed by atoms with Crippen molar-refractivity contribution in [1.29, 1.82) is 0 Å². The third-order valence-electron chi connectivity index (χ3n) is 6.87. The molecule has 0 aromatic carbocycles. The highest BCUT2D eigenvalue weighted by Crippen LogP contribution is 2.61. The van der Waals surface area contributed by atoms with Gasteiger partial charge in [0.15, 0.2) is 6.61 Å². The number of carbonyl (C=O) groups excluding carboxylic acids is 2. The molecule has 4 aliphatic carbocycles. The maximum Gasteiger partial charge on any atom is 0.312 e. The van der Waals surface area contributed by atoms with Crippen LogP contribution >= 0.6 is 0 Å². The smallest absolute Gasteiger partial charge is 0.312 e. The zero-order chi connectivity index (χ0) is 18.0. The van der Waals surface area contributed by atoms with E-state index in [0.29, 0.717) is 23.8 Å². The number of aromatic nitrogens is 1. The Balaban J connectivity index is 1.46. The molecule has 1 aromatic heterocycles. The number of aryl methyl sites for hydroxylation is 1. The molecule has 1 aromatic rings. The number of ether oxygens (including phenoxy) is 1. The summed E-state index contributed by atoms with van der Waals surface area (Å²) in [6.07, 6.45) is 4.88. The third kappa shape index (κ3) is 2.64. The van der Waals surface area contributed by atoms with Gasteiger partial charge in [-0.1, -0.05) is 0 Å². The fourth-order valence-corrected chi connectivity index (χ4v) is 5.95. The van der Waals surface area contributed by atoms with Gasteiger partial charge in [0.1, 0.15) is 0 Å². The van der Waals surface area contributed by atoms with Gasteiger partial charge in [-0.2, -0.15) is 0 Å². The van der Waals surface area contributed by atoms with Gasteiger partial charge in [0.05, 0.1) is 11.0 Å². The Labute approximate surface area is 148 Å². The third-order valence-corrected chi connectivity index (χ3v) is 6.87. The van der Waals surface area contributed by atoms with Crippen LogP contribution in [0.15, 0.2) is 6.07 Å². The Morgan fingerprint density at radius 3 is 2.40 bits per heavy atom. The first kappa shape index (κ1) is 16.8. The van der Waals surface area contributed by atoms with E-state index >= 15 is 0 Å². The van der Waals surface area contributed by atoms with Crippen LogP contribution in [0.4, 0.5) is 0 Å². The highest BCUT2D eigenvalue weighted by Gasteiger charge is 2.60. The van der Waals surface area contributed by atoms with E-state index in [-0.39, 0.29) is 18.4 Å². The molecule has 4 atom stereocenters. The Morgan fingerprint density at radius 2 is 1.88 bits per heavy atom. The summed E-state index contributed by atoms with van der Waals surface area (Å²) in [6, 6.07) is 1.85. The van der Waals surface area contributed by atoms with Crippen LogP contribution in [-0.4, -0.2) is 33.6 Å². The second kappa shape index (κ2) is 5.44. The lowest BCUT2D eigenvalue weighted by Gasteiger charge is -2.58. The minimum Gasteiger partial charge on any atom is -0.457 e. The van der Waals surface area contributed by atoms with Gasteiger partial charge in [-0.25, -0.2) is 0 Å². The minimum atomic E-state index is -0.694. The van der Waals surface area contributed by atoms with Crippen LogP contribution < -0.4 is 0 Å². The largest absolute Gasteiger partial charge is 0.457 e. The molecule has 0 aliphatic heterocycles. The number of hydrogen-bond donors (Lipinski definition) is 1. The van der Waals surface area contributed by atoms with Crippen LogP contribution in [0.5, 0.6) is 0 Å². The van der Waals surface area contributed by atoms with Crippen LogP contribution in [0, 0.1) is 31.1 Å². The number of rotatable bonds is 4. The van der Waals surface area contributed by atoms with Crippen molar-refractivity contribution >= 4 is 11.8 Å². The molecule has 4 saturated carbocycles. The van der Waals surface area contributed by atoms with E-state index < -0.39 is 11.0 Å². The summed E-state index contributed by atoms with van der Waals surface area (Å²) in [4.78, 5) is 25.3. The first-order valence-corrected chi connectivity index (χ1v) is 9.27. The van der Waals surface area contributed by atoms with Crippen LogP contribution in [0.1, 0.15) is 60.3 Å². The zero-order valence-corrected chi connectivity index (χ0v) is 15.3. The molecule has 25 heavy (non-hydrogen) atoms. The van der Waals surface area contributed by atoms with Gasteiger partial charge >= 0.3 is 5.97 Å². The lowest BCUT2D eigenvalue weighted by Crippen LogP contribution is -2.58.